The Morgan fingerprint density at radius 2 is 1.74 bits per heavy atom. The van der Waals surface area contributed by atoms with Crippen molar-refractivity contribution in [1.29, 1.82) is 0 Å². The van der Waals surface area contributed by atoms with E-state index in [1.54, 1.807) is 29.2 Å². The van der Waals surface area contributed by atoms with Gasteiger partial charge in [-0.05, 0) is 49.2 Å². The fourth-order valence-electron chi connectivity index (χ4n) is 2.44. The number of sulfone groups is 1. The maximum atomic E-state index is 12.7. The summed E-state index contributed by atoms with van der Waals surface area (Å²) in [4.78, 5) is 14.4. The highest BCUT2D eigenvalue weighted by Crippen LogP contribution is 2.19. The van der Waals surface area contributed by atoms with Gasteiger partial charge < -0.3 is 4.90 Å². The van der Waals surface area contributed by atoms with Crippen LogP contribution in [0, 0.1) is 6.92 Å². The highest BCUT2D eigenvalue weighted by Gasteiger charge is 2.16. The lowest BCUT2D eigenvalue weighted by molar-refractivity contribution is 0.0988. The fraction of sp³-hybridized carbons (Fsp3) is 0.278. The summed E-state index contributed by atoms with van der Waals surface area (Å²) in [6.45, 7) is 4.48. The summed E-state index contributed by atoms with van der Waals surface area (Å²) in [5.74, 6) is -0.111. The lowest BCUT2D eigenvalue weighted by atomic mass is 10.1. The second kappa shape index (κ2) is 6.96. The van der Waals surface area contributed by atoms with Crippen LogP contribution in [0.4, 0.5) is 5.69 Å². The average Bonchev–Trinajstić information content (AvgIpc) is 2.47. The predicted molar refractivity (Wildman–Crippen MR) is 93.5 cm³/mol. The number of nitrogens with zero attached hydrogens (tertiary/aromatic N) is 1. The molecule has 2 aromatic carbocycles. The molecule has 0 atom stereocenters. The predicted octanol–water partition coefficient (Wildman–Crippen LogP) is 3.21. The standard InChI is InChI=1S/C18H21NO3S/c1-4-19(17-7-5-6-14(2)12-17)18(20)16-10-8-15(9-11-16)13-23(3,21)22/h5-12H,4,13H2,1-3H3. The average molecular weight is 331 g/mol. The SMILES string of the molecule is CCN(C(=O)c1ccc(CS(C)(=O)=O)cc1)c1cccc(C)c1. The van der Waals surface area contributed by atoms with Gasteiger partial charge in [0.1, 0.15) is 0 Å². The minimum absolute atomic E-state index is 0.0170. The third kappa shape index (κ3) is 4.66. The number of hydrogen-bond acceptors (Lipinski definition) is 3. The molecule has 0 heterocycles. The maximum Gasteiger partial charge on any atom is 0.258 e. The molecule has 0 unspecified atom stereocenters. The van der Waals surface area contributed by atoms with Crippen molar-refractivity contribution >= 4 is 21.4 Å². The molecule has 0 aliphatic heterocycles. The first-order valence-corrected chi connectivity index (χ1v) is 9.51. The van der Waals surface area contributed by atoms with E-state index < -0.39 is 9.84 Å². The summed E-state index contributed by atoms with van der Waals surface area (Å²) in [6.07, 6.45) is 1.20. The Hall–Kier alpha value is -2.14. The van der Waals surface area contributed by atoms with E-state index in [9.17, 15) is 13.2 Å². The lowest BCUT2D eigenvalue weighted by Gasteiger charge is -2.21. The summed E-state index contributed by atoms with van der Waals surface area (Å²) < 4.78 is 22.6. The van der Waals surface area contributed by atoms with Crippen molar-refractivity contribution in [2.45, 2.75) is 19.6 Å². The minimum Gasteiger partial charge on any atom is -0.309 e. The summed E-state index contributed by atoms with van der Waals surface area (Å²) in [5, 5.41) is 0. The Morgan fingerprint density at radius 1 is 1.09 bits per heavy atom. The molecular weight excluding hydrogens is 310 g/mol. The van der Waals surface area contributed by atoms with Crippen LogP contribution in [0.3, 0.4) is 0 Å². The Labute approximate surface area is 137 Å². The van der Waals surface area contributed by atoms with Gasteiger partial charge in [-0.15, -0.1) is 0 Å². The van der Waals surface area contributed by atoms with Crippen LogP contribution in [0.5, 0.6) is 0 Å². The van der Waals surface area contributed by atoms with Gasteiger partial charge in [0.05, 0.1) is 5.75 Å². The molecule has 2 rings (SSSR count). The number of aryl methyl sites for hydroxylation is 1. The van der Waals surface area contributed by atoms with Gasteiger partial charge in [0.15, 0.2) is 9.84 Å². The zero-order valence-corrected chi connectivity index (χ0v) is 14.4. The Bertz CT molecular complexity index is 795. The van der Waals surface area contributed by atoms with Crippen molar-refractivity contribution in [2.75, 3.05) is 17.7 Å². The molecule has 23 heavy (non-hydrogen) atoms. The molecule has 1 amide bonds. The van der Waals surface area contributed by atoms with E-state index in [1.165, 1.54) is 6.26 Å². The molecule has 0 radical (unpaired) electrons. The van der Waals surface area contributed by atoms with Crippen molar-refractivity contribution in [2.24, 2.45) is 0 Å². The molecule has 0 bridgehead atoms. The molecule has 0 saturated heterocycles. The van der Waals surface area contributed by atoms with Crippen molar-refractivity contribution in [3.8, 4) is 0 Å². The molecule has 0 aliphatic rings. The first-order valence-electron chi connectivity index (χ1n) is 7.45. The third-order valence-corrected chi connectivity index (χ3v) is 4.36. The number of amides is 1. The van der Waals surface area contributed by atoms with Gasteiger partial charge in [0.25, 0.3) is 5.91 Å². The molecule has 0 saturated carbocycles. The zero-order valence-electron chi connectivity index (χ0n) is 13.6. The molecular formula is C18H21NO3S. The summed E-state index contributed by atoms with van der Waals surface area (Å²) in [6, 6.07) is 14.5. The van der Waals surface area contributed by atoms with Crippen molar-refractivity contribution in [3.63, 3.8) is 0 Å². The Balaban J connectivity index is 2.24. The Kier molecular flexibility index (Phi) is 5.21. The second-order valence-electron chi connectivity index (χ2n) is 5.66. The van der Waals surface area contributed by atoms with Gasteiger partial charge in [0, 0.05) is 24.1 Å². The molecule has 122 valence electrons. The highest BCUT2D eigenvalue weighted by atomic mass is 32.2. The summed E-state index contributed by atoms with van der Waals surface area (Å²) in [5.41, 5.74) is 3.18. The molecule has 0 spiro atoms. The van der Waals surface area contributed by atoms with E-state index in [2.05, 4.69) is 0 Å². The summed E-state index contributed by atoms with van der Waals surface area (Å²) >= 11 is 0. The van der Waals surface area contributed by atoms with Gasteiger partial charge in [-0.2, -0.15) is 0 Å². The molecule has 0 N–H and O–H groups in total. The fourth-order valence-corrected chi connectivity index (χ4v) is 3.24. The highest BCUT2D eigenvalue weighted by molar-refractivity contribution is 7.89. The van der Waals surface area contributed by atoms with E-state index in [0.717, 1.165) is 11.3 Å². The van der Waals surface area contributed by atoms with Crippen molar-refractivity contribution in [1.82, 2.24) is 0 Å². The van der Waals surface area contributed by atoms with Crippen molar-refractivity contribution < 1.29 is 13.2 Å². The third-order valence-electron chi connectivity index (χ3n) is 3.50. The van der Waals surface area contributed by atoms with Gasteiger partial charge in [-0.25, -0.2) is 8.42 Å². The number of carbonyl (C=O) groups excluding carboxylic acids is 1. The number of hydrogen-bond donors (Lipinski definition) is 0. The molecule has 0 fully saturated rings. The zero-order chi connectivity index (χ0) is 17.0. The van der Waals surface area contributed by atoms with Gasteiger partial charge >= 0.3 is 0 Å². The minimum atomic E-state index is -3.07. The van der Waals surface area contributed by atoms with Crippen LogP contribution in [0.25, 0.3) is 0 Å². The van der Waals surface area contributed by atoms with E-state index >= 15 is 0 Å². The van der Waals surface area contributed by atoms with E-state index in [0.29, 0.717) is 17.7 Å². The number of carbonyl (C=O) groups is 1. The van der Waals surface area contributed by atoms with Crippen LogP contribution in [0.15, 0.2) is 48.5 Å². The molecule has 4 nitrogen and oxygen atoms in total. The van der Waals surface area contributed by atoms with Crippen LogP contribution in [0.1, 0.15) is 28.4 Å². The largest absolute Gasteiger partial charge is 0.309 e. The number of benzene rings is 2. The van der Waals surface area contributed by atoms with Crippen LogP contribution in [-0.2, 0) is 15.6 Å². The van der Waals surface area contributed by atoms with Crippen LogP contribution in [0.2, 0.25) is 0 Å². The lowest BCUT2D eigenvalue weighted by Crippen LogP contribution is -2.30. The molecule has 0 aromatic heterocycles. The van der Waals surface area contributed by atoms with Gasteiger partial charge in [-0.3, -0.25) is 4.79 Å². The van der Waals surface area contributed by atoms with E-state index in [1.807, 2.05) is 38.1 Å². The van der Waals surface area contributed by atoms with Gasteiger partial charge in [-0.1, -0.05) is 24.3 Å². The van der Waals surface area contributed by atoms with Crippen LogP contribution < -0.4 is 4.90 Å². The van der Waals surface area contributed by atoms with Gasteiger partial charge in [0.2, 0.25) is 0 Å². The van der Waals surface area contributed by atoms with E-state index in [-0.39, 0.29) is 11.7 Å². The van der Waals surface area contributed by atoms with Crippen LogP contribution >= 0.6 is 0 Å². The summed E-state index contributed by atoms with van der Waals surface area (Å²) in [7, 11) is -3.07. The second-order valence-corrected chi connectivity index (χ2v) is 7.80. The smallest absolute Gasteiger partial charge is 0.258 e. The van der Waals surface area contributed by atoms with E-state index in [4.69, 9.17) is 0 Å². The topological polar surface area (TPSA) is 54.5 Å². The molecule has 0 aliphatic carbocycles. The first kappa shape index (κ1) is 17.2. The Morgan fingerprint density at radius 3 is 2.26 bits per heavy atom. The first-order chi connectivity index (χ1) is 10.8. The van der Waals surface area contributed by atoms with Crippen LogP contribution in [-0.4, -0.2) is 27.1 Å². The normalized spacial score (nSPS) is 11.3. The van der Waals surface area contributed by atoms with Crippen molar-refractivity contribution in [3.05, 3.63) is 65.2 Å². The number of anilines is 1. The molecule has 5 heteroatoms. The number of rotatable bonds is 5. The maximum absolute atomic E-state index is 12.7. The molecule has 2 aromatic rings. The monoisotopic (exact) mass is 331 g/mol. The quantitative estimate of drug-likeness (QED) is 0.845.